The summed E-state index contributed by atoms with van der Waals surface area (Å²) in [7, 11) is 2.97. The predicted molar refractivity (Wildman–Crippen MR) is 74.0 cm³/mol. The average molecular weight is 278 g/mol. The van der Waals surface area contributed by atoms with Crippen molar-refractivity contribution in [2.45, 2.75) is 6.61 Å². The SMILES string of the molecule is COCc1ccc(-c2sc(N)nc2C(=O)OC)cc1. The summed E-state index contributed by atoms with van der Waals surface area (Å²) in [5.41, 5.74) is 7.86. The van der Waals surface area contributed by atoms with Crippen LogP contribution in [0.25, 0.3) is 10.4 Å². The highest BCUT2D eigenvalue weighted by Crippen LogP contribution is 2.32. The molecular formula is C13H14N2O3S. The summed E-state index contributed by atoms with van der Waals surface area (Å²) in [4.78, 5) is 16.4. The van der Waals surface area contributed by atoms with Crippen molar-refractivity contribution in [1.82, 2.24) is 4.98 Å². The maximum atomic E-state index is 11.6. The predicted octanol–water partition coefficient (Wildman–Crippen LogP) is 2.33. The average Bonchev–Trinajstić information content (AvgIpc) is 2.81. The molecular weight excluding hydrogens is 264 g/mol. The van der Waals surface area contributed by atoms with Crippen LogP contribution in [0.3, 0.4) is 0 Å². The second kappa shape index (κ2) is 5.81. The van der Waals surface area contributed by atoms with Gasteiger partial charge in [0, 0.05) is 7.11 Å². The zero-order valence-electron chi connectivity index (χ0n) is 10.7. The van der Waals surface area contributed by atoms with E-state index < -0.39 is 5.97 Å². The lowest BCUT2D eigenvalue weighted by Gasteiger charge is -2.03. The number of ether oxygens (including phenoxy) is 2. The molecule has 0 aliphatic rings. The fraction of sp³-hybridized carbons (Fsp3) is 0.231. The van der Waals surface area contributed by atoms with E-state index in [0.29, 0.717) is 16.6 Å². The summed E-state index contributed by atoms with van der Waals surface area (Å²) in [6, 6.07) is 7.70. The molecule has 5 nitrogen and oxygen atoms in total. The molecule has 0 atom stereocenters. The fourth-order valence-electron chi connectivity index (χ4n) is 1.69. The molecule has 0 saturated heterocycles. The maximum Gasteiger partial charge on any atom is 0.358 e. The second-order valence-corrected chi connectivity index (χ2v) is 4.88. The number of hydrogen-bond acceptors (Lipinski definition) is 6. The first kappa shape index (κ1) is 13.5. The van der Waals surface area contributed by atoms with Gasteiger partial charge in [-0.25, -0.2) is 9.78 Å². The monoisotopic (exact) mass is 278 g/mol. The van der Waals surface area contributed by atoms with Crippen molar-refractivity contribution in [3.8, 4) is 10.4 Å². The van der Waals surface area contributed by atoms with Crippen LogP contribution in [0.15, 0.2) is 24.3 Å². The van der Waals surface area contributed by atoms with E-state index in [4.69, 9.17) is 15.2 Å². The van der Waals surface area contributed by atoms with E-state index in [0.717, 1.165) is 11.1 Å². The van der Waals surface area contributed by atoms with Crippen molar-refractivity contribution in [2.24, 2.45) is 0 Å². The molecule has 0 aliphatic heterocycles. The van der Waals surface area contributed by atoms with Crippen molar-refractivity contribution in [3.05, 3.63) is 35.5 Å². The minimum atomic E-state index is -0.482. The lowest BCUT2D eigenvalue weighted by molar-refractivity contribution is 0.0596. The van der Waals surface area contributed by atoms with E-state index in [1.54, 1.807) is 7.11 Å². The molecule has 0 unspecified atom stereocenters. The summed E-state index contributed by atoms with van der Waals surface area (Å²) in [5.74, 6) is -0.482. The number of nitrogens with two attached hydrogens (primary N) is 1. The van der Waals surface area contributed by atoms with Crippen molar-refractivity contribution in [1.29, 1.82) is 0 Å². The highest BCUT2D eigenvalue weighted by Gasteiger charge is 2.19. The van der Waals surface area contributed by atoms with Crippen LogP contribution in [0.1, 0.15) is 16.1 Å². The number of benzene rings is 1. The van der Waals surface area contributed by atoms with E-state index in [1.807, 2.05) is 24.3 Å². The Morgan fingerprint density at radius 1 is 1.32 bits per heavy atom. The molecule has 0 amide bonds. The third-order valence-corrected chi connectivity index (χ3v) is 3.48. The zero-order chi connectivity index (χ0) is 13.8. The molecule has 6 heteroatoms. The van der Waals surface area contributed by atoms with E-state index in [2.05, 4.69) is 4.98 Å². The Bertz CT molecular complexity index is 578. The molecule has 1 aromatic carbocycles. The number of hydrogen-bond donors (Lipinski definition) is 1. The number of anilines is 1. The molecule has 0 saturated carbocycles. The van der Waals surface area contributed by atoms with Crippen LogP contribution in [-0.2, 0) is 16.1 Å². The standard InChI is InChI=1S/C13H14N2O3S/c1-17-7-8-3-5-9(6-4-8)11-10(12(16)18-2)15-13(14)19-11/h3-6H,7H2,1-2H3,(H2,14,15). The number of methoxy groups -OCH3 is 2. The Kier molecular flexibility index (Phi) is 4.13. The van der Waals surface area contributed by atoms with Gasteiger partial charge in [0.05, 0.1) is 18.6 Å². The molecule has 0 bridgehead atoms. The minimum Gasteiger partial charge on any atom is -0.464 e. The van der Waals surface area contributed by atoms with E-state index in [1.165, 1.54) is 18.4 Å². The lowest BCUT2D eigenvalue weighted by atomic mass is 10.1. The second-order valence-electron chi connectivity index (χ2n) is 3.85. The molecule has 0 fully saturated rings. The quantitative estimate of drug-likeness (QED) is 0.869. The highest BCUT2D eigenvalue weighted by molar-refractivity contribution is 7.19. The normalized spacial score (nSPS) is 10.4. The zero-order valence-corrected chi connectivity index (χ0v) is 11.5. The number of nitrogens with zero attached hydrogens (tertiary/aromatic N) is 1. The van der Waals surface area contributed by atoms with Gasteiger partial charge in [0.2, 0.25) is 0 Å². The summed E-state index contributed by atoms with van der Waals surface area (Å²) < 4.78 is 9.76. The van der Waals surface area contributed by atoms with E-state index in [9.17, 15) is 4.79 Å². The van der Waals surface area contributed by atoms with Crippen LogP contribution in [-0.4, -0.2) is 25.2 Å². The van der Waals surface area contributed by atoms with Crippen molar-refractivity contribution in [3.63, 3.8) is 0 Å². The minimum absolute atomic E-state index is 0.254. The van der Waals surface area contributed by atoms with Crippen LogP contribution in [0.2, 0.25) is 0 Å². The molecule has 2 rings (SSSR count). The lowest BCUT2D eigenvalue weighted by Crippen LogP contribution is -2.03. The van der Waals surface area contributed by atoms with Gasteiger partial charge in [0.15, 0.2) is 10.8 Å². The molecule has 0 radical (unpaired) electrons. The van der Waals surface area contributed by atoms with Crippen LogP contribution < -0.4 is 5.73 Å². The van der Waals surface area contributed by atoms with Crippen LogP contribution in [0.4, 0.5) is 5.13 Å². The third kappa shape index (κ3) is 2.91. The fourth-order valence-corrected chi connectivity index (χ4v) is 2.51. The Morgan fingerprint density at radius 2 is 2.00 bits per heavy atom. The Balaban J connectivity index is 2.38. The summed E-state index contributed by atoms with van der Waals surface area (Å²) in [6.45, 7) is 0.551. The van der Waals surface area contributed by atoms with Crippen molar-refractivity contribution in [2.75, 3.05) is 20.0 Å². The summed E-state index contributed by atoms with van der Waals surface area (Å²) >= 11 is 1.26. The van der Waals surface area contributed by atoms with Crippen LogP contribution >= 0.6 is 11.3 Å². The highest BCUT2D eigenvalue weighted by atomic mass is 32.1. The van der Waals surface area contributed by atoms with Gasteiger partial charge in [-0.15, -0.1) is 0 Å². The van der Waals surface area contributed by atoms with Crippen molar-refractivity contribution >= 4 is 22.4 Å². The van der Waals surface area contributed by atoms with Gasteiger partial charge in [-0.1, -0.05) is 35.6 Å². The van der Waals surface area contributed by atoms with Gasteiger partial charge in [0.25, 0.3) is 0 Å². The van der Waals surface area contributed by atoms with Gasteiger partial charge in [0.1, 0.15) is 0 Å². The number of nitrogen functional groups attached to an aromatic ring is 1. The first-order valence-corrected chi connectivity index (χ1v) is 6.40. The molecule has 0 spiro atoms. The Labute approximate surface area is 115 Å². The molecule has 2 N–H and O–H groups in total. The first-order chi connectivity index (χ1) is 9.15. The number of esters is 1. The van der Waals surface area contributed by atoms with E-state index in [-0.39, 0.29) is 5.69 Å². The Hall–Kier alpha value is -1.92. The molecule has 100 valence electrons. The number of aromatic nitrogens is 1. The number of rotatable bonds is 4. The van der Waals surface area contributed by atoms with Gasteiger partial charge in [-0.05, 0) is 11.1 Å². The van der Waals surface area contributed by atoms with Gasteiger partial charge < -0.3 is 15.2 Å². The van der Waals surface area contributed by atoms with Crippen LogP contribution in [0, 0.1) is 0 Å². The number of thiazole rings is 1. The maximum absolute atomic E-state index is 11.6. The first-order valence-electron chi connectivity index (χ1n) is 5.58. The van der Waals surface area contributed by atoms with E-state index >= 15 is 0 Å². The number of carbonyl (C=O) groups is 1. The number of carbonyl (C=O) groups excluding carboxylic acids is 1. The van der Waals surface area contributed by atoms with Gasteiger partial charge in [-0.2, -0.15) is 0 Å². The molecule has 0 aliphatic carbocycles. The summed E-state index contributed by atoms with van der Waals surface area (Å²) in [5, 5.41) is 0.344. The molecule has 19 heavy (non-hydrogen) atoms. The van der Waals surface area contributed by atoms with Gasteiger partial charge >= 0.3 is 5.97 Å². The largest absolute Gasteiger partial charge is 0.464 e. The van der Waals surface area contributed by atoms with Crippen molar-refractivity contribution < 1.29 is 14.3 Å². The molecule has 2 aromatic rings. The third-order valence-electron chi connectivity index (χ3n) is 2.55. The van der Waals surface area contributed by atoms with Crippen LogP contribution in [0.5, 0.6) is 0 Å². The Morgan fingerprint density at radius 3 is 2.58 bits per heavy atom. The summed E-state index contributed by atoms with van der Waals surface area (Å²) in [6.07, 6.45) is 0. The van der Waals surface area contributed by atoms with Gasteiger partial charge in [-0.3, -0.25) is 0 Å². The smallest absolute Gasteiger partial charge is 0.358 e. The molecule has 1 aromatic heterocycles. The topological polar surface area (TPSA) is 74.4 Å². The molecule has 1 heterocycles.